The Morgan fingerprint density at radius 2 is 1.75 bits per heavy atom. The standard InChI is InChI=1S/C31H35N7O2/c1-19-15-22(35-21-11-13-32-14-12-21)7-9-24(19)26-17-25-29(37-26)33-18-34-30(25)39-23-8-10-28-27(16-23)38-31(40-28)36-20-5-3-2-4-6-20/h7-10,15-18,20-21,32,35H,2-6,11-14H2,1H3,(H,36,38)(H,33,34,37). The Morgan fingerprint density at radius 3 is 2.60 bits per heavy atom. The molecule has 7 rings (SSSR count). The van der Waals surface area contributed by atoms with E-state index >= 15 is 0 Å². The Labute approximate surface area is 233 Å². The second-order valence-electron chi connectivity index (χ2n) is 11.1. The van der Waals surface area contributed by atoms with Crippen LogP contribution in [0.4, 0.5) is 11.7 Å². The Kier molecular flexibility index (Phi) is 6.73. The van der Waals surface area contributed by atoms with Gasteiger partial charge in [-0.15, -0.1) is 0 Å². The number of rotatable bonds is 7. The molecular formula is C31H35N7O2. The van der Waals surface area contributed by atoms with Crippen molar-refractivity contribution in [2.24, 2.45) is 0 Å². The zero-order valence-corrected chi connectivity index (χ0v) is 22.8. The van der Waals surface area contributed by atoms with E-state index in [1.807, 2.05) is 18.2 Å². The van der Waals surface area contributed by atoms with Gasteiger partial charge >= 0.3 is 0 Å². The van der Waals surface area contributed by atoms with Crippen LogP contribution in [0.25, 0.3) is 33.4 Å². The van der Waals surface area contributed by atoms with Gasteiger partial charge in [0.2, 0.25) is 5.88 Å². The molecule has 40 heavy (non-hydrogen) atoms. The first-order valence-corrected chi connectivity index (χ1v) is 14.4. The van der Waals surface area contributed by atoms with Gasteiger partial charge in [0.1, 0.15) is 23.2 Å². The molecule has 0 spiro atoms. The van der Waals surface area contributed by atoms with Crippen LogP contribution in [0.3, 0.4) is 0 Å². The third-order valence-electron chi connectivity index (χ3n) is 8.12. The van der Waals surface area contributed by atoms with Crippen molar-refractivity contribution in [1.82, 2.24) is 25.3 Å². The van der Waals surface area contributed by atoms with E-state index in [0.717, 1.165) is 77.9 Å². The second-order valence-corrected chi connectivity index (χ2v) is 11.1. The summed E-state index contributed by atoms with van der Waals surface area (Å²) < 4.78 is 12.2. The number of hydrogen-bond acceptors (Lipinski definition) is 8. The maximum Gasteiger partial charge on any atom is 0.295 e. The third kappa shape index (κ3) is 5.21. The Bertz CT molecular complexity index is 1630. The average molecular weight is 538 g/mol. The number of H-pyrrole nitrogens is 1. The number of benzene rings is 2. The molecule has 0 bridgehead atoms. The molecule has 2 fully saturated rings. The molecule has 1 saturated heterocycles. The van der Waals surface area contributed by atoms with E-state index < -0.39 is 0 Å². The lowest BCUT2D eigenvalue weighted by molar-refractivity contribution is 0.451. The summed E-state index contributed by atoms with van der Waals surface area (Å²) >= 11 is 0. The first-order chi connectivity index (χ1) is 19.7. The highest BCUT2D eigenvalue weighted by atomic mass is 16.5. The lowest BCUT2D eigenvalue weighted by Crippen LogP contribution is -2.35. The largest absolute Gasteiger partial charge is 0.438 e. The monoisotopic (exact) mass is 537 g/mol. The van der Waals surface area contributed by atoms with Crippen LogP contribution in [-0.2, 0) is 0 Å². The number of ether oxygens (including phenoxy) is 1. The first-order valence-electron chi connectivity index (χ1n) is 14.4. The van der Waals surface area contributed by atoms with Crippen LogP contribution in [-0.4, -0.2) is 45.1 Å². The van der Waals surface area contributed by atoms with Gasteiger partial charge in [-0.2, -0.15) is 4.98 Å². The van der Waals surface area contributed by atoms with Crippen LogP contribution in [0, 0.1) is 6.92 Å². The number of aromatic nitrogens is 4. The van der Waals surface area contributed by atoms with E-state index in [1.54, 1.807) is 0 Å². The van der Waals surface area contributed by atoms with E-state index in [0.29, 0.717) is 29.7 Å². The number of piperidine rings is 1. The maximum atomic E-state index is 6.25. The van der Waals surface area contributed by atoms with Gasteiger partial charge < -0.3 is 30.1 Å². The number of nitrogens with zero attached hydrogens (tertiary/aromatic N) is 3. The van der Waals surface area contributed by atoms with Gasteiger partial charge in [0.15, 0.2) is 5.58 Å². The quantitative estimate of drug-likeness (QED) is 0.180. The van der Waals surface area contributed by atoms with E-state index in [2.05, 4.69) is 67.1 Å². The summed E-state index contributed by atoms with van der Waals surface area (Å²) in [7, 11) is 0. The van der Waals surface area contributed by atoms with Crippen molar-refractivity contribution >= 4 is 33.8 Å². The molecule has 2 aliphatic rings. The molecule has 4 N–H and O–H groups in total. The molecule has 2 aromatic carbocycles. The molecule has 0 unspecified atom stereocenters. The van der Waals surface area contributed by atoms with Crippen molar-refractivity contribution < 1.29 is 9.15 Å². The number of aryl methyl sites for hydroxylation is 1. The van der Waals surface area contributed by atoms with Crippen molar-refractivity contribution in [3.63, 3.8) is 0 Å². The van der Waals surface area contributed by atoms with E-state index in [1.165, 1.54) is 31.2 Å². The zero-order chi connectivity index (χ0) is 26.9. The Hall–Kier alpha value is -4.11. The Balaban J connectivity index is 1.10. The van der Waals surface area contributed by atoms with Crippen molar-refractivity contribution in [2.45, 2.75) is 64.0 Å². The number of nitrogens with one attached hydrogen (secondary N) is 4. The number of anilines is 2. The van der Waals surface area contributed by atoms with E-state index in [-0.39, 0.29) is 0 Å². The van der Waals surface area contributed by atoms with Gasteiger partial charge in [-0.3, -0.25) is 0 Å². The highest BCUT2D eigenvalue weighted by molar-refractivity contribution is 5.88. The topological polar surface area (TPSA) is 113 Å². The van der Waals surface area contributed by atoms with Gasteiger partial charge in [0.05, 0.1) is 5.39 Å². The van der Waals surface area contributed by atoms with E-state index in [9.17, 15) is 0 Å². The molecule has 206 valence electrons. The molecule has 9 heteroatoms. The molecule has 3 aromatic heterocycles. The van der Waals surface area contributed by atoms with Gasteiger partial charge in [-0.1, -0.05) is 25.3 Å². The highest BCUT2D eigenvalue weighted by Gasteiger charge is 2.18. The Morgan fingerprint density at radius 1 is 0.900 bits per heavy atom. The summed E-state index contributed by atoms with van der Waals surface area (Å²) in [6.45, 7) is 4.28. The molecule has 9 nitrogen and oxygen atoms in total. The normalized spacial score (nSPS) is 16.9. The molecular weight excluding hydrogens is 502 g/mol. The average Bonchev–Trinajstić information content (AvgIpc) is 3.58. The van der Waals surface area contributed by atoms with Crippen LogP contribution in [0.1, 0.15) is 50.5 Å². The lowest BCUT2D eigenvalue weighted by atomic mass is 9.96. The van der Waals surface area contributed by atoms with Gasteiger partial charge in [-0.25, -0.2) is 9.97 Å². The number of oxazole rings is 1. The lowest BCUT2D eigenvalue weighted by Gasteiger charge is -2.25. The van der Waals surface area contributed by atoms with Crippen molar-refractivity contribution in [2.75, 3.05) is 23.7 Å². The molecule has 1 saturated carbocycles. The number of fused-ring (bicyclic) bond motifs is 2. The molecule has 4 heterocycles. The summed E-state index contributed by atoms with van der Waals surface area (Å²) in [5, 5.41) is 11.4. The minimum Gasteiger partial charge on any atom is -0.438 e. The molecule has 5 aromatic rings. The van der Waals surface area contributed by atoms with Gasteiger partial charge in [0, 0.05) is 35.1 Å². The summed E-state index contributed by atoms with van der Waals surface area (Å²) in [4.78, 5) is 17.0. The smallest absolute Gasteiger partial charge is 0.295 e. The summed E-state index contributed by atoms with van der Waals surface area (Å²) in [6, 6.07) is 15.8. The molecule has 0 amide bonds. The second kappa shape index (κ2) is 10.8. The number of aromatic amines is 1. The van der Waals surface area contributed by atoms with Crippen molar-refractivity contribution in [1.29, 1.82) is 0 Å². The van der Waals surface area contributed by atoms with Gasteiger partial charge in [-0.05, 0) is 81.6 Å². The molecule has 1 aliphatic carbocycles. The van der Waals surface area contributed by atoms with Gasteiger partial charge in [0.25, 0.3) is 6.01 Å². The van der Waals surface area contributed by atoms with Crippen LogP contribution in [0.5, 0.6) is 11.6 Å². The van der Waals surface area contributed by atoms with Crippen LogP contribution in [0.2, 0.25) is 0 Å². The zero-order valence-electron chi connectivity index (χ0n) is 22.8. The minimum atomic E-state index is 0.431. The predicted molar refractivity (Wildman–Crippen MR) is 158 cm³/mol. The third-order valence-corrected chi connectivity index (χ3v) is 8.12. The van der Waals surface area contributed by atoms with Crippen LogP contribution < -0.4 is 20.7 Å². The van der Waals surface area contributed by atoms with Crippen molar-refractivity contribution in [3.05, 3.63) is 54.4 Å². The van der Waals surface area contributed by atoms with Crippen LogP contribution >= 0.6 is 0 Å². The minimum absolute atomic E-state index is 0.431. The maximum absolute atomic E-state index is 6.25. The fraction of sp³-hybridized carbons (Fsp3) is 0.387. The summed E-state index contributed by atoms with van der Waals surface area (Å²) in [5.41, 5.74) is 6.68. The molecule has 0 radical (unpaired) electrons. The molecule has 0 atom stereocenters. The fourth-order valence-corrected chi connectivity index (χ4v) is 5.97. The predicted octanol–water partition coefficient (Wildman–Crippen LogP) is 6.78. The summed E-state index contributed by atoms with van der Waals surface area (Å²) in [6.07, 6.45) is 9.96. The first kappa shape index (κ1) is 24.9. The molecule has 1 aliphatic heterocycles. The summed E-state index contributed by atoms with van der Waals surface area (Å²) in [5.74, 6) is 1.15. The highest BCUT2D eigenvalue weighted by Crippen LogP contribution is 2.34. The SMILES string of the molecule is Cc1cc(NC2CCNCC2)ccc1-c1cc2c(Oc3ccc4oc(NC5CCCCC5)nc4c3)ncnc2[nH]1. The van der Waals surface area contributed by atoms with Crippen molar-refractivity contribution in [3.8, 4) is 22.9 Å². The number of hydrogen-bond donors (Lipinski definition) is 4. The fourth-order valence-electron chi connectivity index (χ4n) is 5.97. The van der Waals surface area contributed by atoms with E-state index in [4.69, 9.17) is 9.15 Å². The van der Waals surface area contributed by atoms with Crippen LogP contribution in [0.15, 0.2) is 53.2 Å².